The fourth-order valence-corrected chi connectivity index (χ4v) is 2.15. The van der Waals surface area contributed by atoms with Gasteiger partial charge in [-0.25, -0.2) is 0 Å². The summed E-state index contributed by atoms with van der Waals surface area (Å²) in [5, 5.41) is 9.72. The Morgan fingerprint density at radius 2 is 2.05 bits per heavy atom. The minimum absolute atomic E-state index is 0.0263. The van der Waals surface area contributed by atoms with E-state index in [9.17, 15) is 9.59 Å². The Hall–Kier alpha value is -2.30. The summed E-state index contributed by atoms with van der Waals surface area (Å²) in [6.45, 7) is 2.48. The maximum atomic E-state index is 11.7. The topological polar surface area (TPSA) is 62.5 Å². The van der Waals surface area contributed by atoms with Crippen molar-refractivity contribution in [1.29, 1.82) is 0 Å². The number of carbonyl (C=O) groups is 1. The summed E-state index contributed by atoms with van der Waals surface area (Å²) < 4.78 is 1.69. The largest absolute Gasteiger partial charge is 0.480 e. The molecule has 0 atom stereocenters. The van der Waals surface area contributed by atoms with Crippen LogP contribution < -0.4 is 10.5 Å². The first-order chi connectivity index (χ1) is 9.02. The van der Waals surface area contributed by atoms with Gasteiger partial charge < -0.3 is 14.6 Å². The lowest BCUT2D eigenvalue weighted by atomic mass is 10.2. The molecule has 0 aliphatic carbocycles. The highest BCUT2D eigenvalue weighted by Gasteiger charge is 2.08. The van der Waals surface area contributed by atoms with Gasteiger partial charge in [0.1, 0.15) is 6.54 Å². The van der Waals surface area contributed by atoms with E-state index in [4.69, 9.17) is 5.11 Å². The van der Waals surface area contributed by atoms with Crippen molar-refractivity contribution >= 4 is 22.6 Å². The molecule has 0 amide bonds. The van der Waals surface area contributed by atoms with E-state index in [0.29, 0.717) is 6.54 Å². The van der Waals surface area contributed by atoms with Crippen LogP contribution in [0, 0.1) is 0 Å². The molecule has 0 bridgehead atoms. The van der Waals surface area contributed by atoms with Crippen LogP contribution in [0.5, 0.6) is 0 Å². The third-order valence-corrected chi connectivity index (χ3v) is 3.10. The SMILES string of the molecule is CCn1c(=O)ccc2cc(N(C)CC(=O)O)ccc21. The van der Waals surface area contributed by atoms with Crippen LogP contribution in [0.15, 0.2) is 35.1 Å². The van der Waals surface area contributed by atoms with E-state index in [-0.39, 0.29) is 12.1 Å². The lowest BCUT2D eigenvalue weighted by Gasteiger charge is -2.18. The molecular weight excluding hydrogens is 244 g/mol. The first kappa shape index (κ1) is 13.1. The number of benzene rings is 1. The lowest BCUT2D eigenvalue weighted by molar-refractivity contribution is -0.135. The molecule has 19 heavy (non-hydrogen) atoms. The van der Waals surface area contributed by atoms with Crippen LogP contribution in [0.3, 0.4) is 0 Å². The number of aromatic nitrogens is 1. The number of nitrogens with zero attached hydrogens (tertiary/aromatic N) is 2. The van der Waals surface area contributed by atoms with Gasteiger partial charge in [0, 0.05) is 30.7 Å². The van der Waals surface area contributed by atoms with E-state index in [1.54, 1.807) is 22.6 Å². The van der Waals surface area contributed by atoms with Crippen LogP contribution in [0.4, 0.5) is 5.69 Å². The highest BCUT2D eigenvalue weighted by Crippen LogP contribution is 2.20. The minimum Gasteiger partial charge on any atom is -0.480 e. The zero-order valence-corrected chi connectivity index (χ0v) is 11.0. The fraction of sp³-hybridized carbons (Fsp3) is 0.286. The number of anilines is 1. The van der Waals surface area contributed by atoms with Crippen LogP contribution in [-0.4, -0.2) is 29.2 Å². The summed E-state index contributed by atoms with van der Waals surface area (Å²) in [5.41, 5.74) is 1.65. The van der Waals surface area contributed by atoms with Crippen LogP contribution >= 0.6 is 0 Å². The Labute approximate surface area is 110 Å². The van der Waals surface area contributed by atoms with Gasteiger partial charge in [-0.15, -0.1) is 0 Å². The molecule has 1 aromatic heterocycles. The number of hydrogen-bond donors (Lipinski definition) is 1. The van der Waals surface area contributed by atoms with E-state index in [2.05, 4.69) is 0 Å². The van der Waals surface area contributed by atoms with Gasteiger partial charge in [0.05, 0.1) is 5.52 Å². The van der Waals surface area contributed by atoms with Gasteiger partial charge in [-0.05, 0) is 31.2 Å². The van der Waals surface area contributed by atoms with Crippen LogP contribution in [0.1, 0.15) is 6.92 Å². The molecule has 1 heterocycles. The summed E-state index contributed by atoms with van der Waals surface area (Å²) in [5.74, 6) is -0.874. The number of rotatable bonds is 4. The number of carboxylic acids is 1. The Bertz CT molecular complexity index is 676. The predicted molar refractivity (Wildman–Crippen MR) is 74.8 cm³/mol. The molecule has 5 heteroatoms. The molecule has 2 aromatic rings. The van der Waals surface area contributed by atoms with Crippen LogP contribution in [-0.2, 0) is 11.3 Å². The second kappa shape index (κ2) is 5.14. The monoisotopic (exact) mass is 260 g/mol. The number of aliphatic carboxylic acids is 1. The maximum Gasteiger partial charge on any atom is 0.323 e. The molecule has 0 aliphatic rings. The second-order valence-corrected chi connectivity index (χ2v) is 4.41. The van der Waals surface area contributed by atoms with Crippen molar-refractivity contribution < 1.29 is 9.90 Å². The van der Waals surface area contributed by atoms with Crippen molar-refractivity contribution in [2.45, 2.75) is 13.5 Å². The van der Waals surface area contributed by atoms with Crippen molar-refractivity contribution in [2.75, 3.05) is 18.5 Å². The molecule has 5 nitrogen and oxygen atoms in total. The standard InChI is InChI=1S/C14H16N2O3/c1-3-16-12-6-5-11(15(2)9-14(18)19)8-10(12)4-7-13(16)17/h4-8H,3,9H2,1-2H3,(H,18,19). The van der Waals surface area contributed by atoms with Crippen molar-refractivity contribution in [2.24, 2.45) is 0 Å². The zero-order chi connectivity index (χ0) is 14.0. The number of aryl methyl sites for hydroxylation is 1. The Morgan fingerprint density at radius 3 is 2.68 bits per heavy atom. The molecule has 0 aliphatic heterocycles. The normalized spacial score (nSPS) is 10.6. The lowest BCUT2D eigenvalue weighted by Crippen LogP contribution is -2.25. The molecule has 0 radical (unpaired) electrons. The Kier molecular flexibility index (Phi) is 3.55. The Morgan fingerprint density at radius 1 is 1.32 bits per heavy atom. The summed E-state index contributed by atoms with van der Waals surface area (Å²) in [6, 6.07) is 8.88. The molecule has 0 spiro atoms. The summed E-state index contributed by atoms with van der Waals surface area (Å²) in [6.07, 6.45) is 0. The first-order valence-electron chi connectivity index (χ1n) is 6.09. The van der Waals surface area contributed by atoms with Crippen molar-refractivity contribution in [3.63, 3.8) is 0 Å². The average molecular weight is 260 g/mol. The molecule has 2 rings (SSSR count). The molecule has 1 N–H and O–H groups in total. The molecule has 100 valence electrons. The average Bonchev–Trinajstić information content (AvgIpc) is 2.37. The third-order valence-electron chi connectivity index (χ3n) is 3.10. The quantitative estimate of drug-likeness (QED) is 0.905. The van der Waals surface area contributed by atoms with Gasteiger partial charge >= 0.3 is 5.97 Å². The highest BCUT2D eigenvalue weighted by atomic mass is 16.4. The van der Waals surface area contributed by atoms with E-state index in [1.807, 2.05) is 25.1 Å². The second-order valence-electron chi connectivity index (χ2n) is 4.41. The summed E-state index contributed by atoms with van der Waals surface area (Å²) in [4.78, 5) is 24.1. The summed E-state index contributed by atoms with van der Waals surface area (Å²) in [7, 11) is 1.73. The molecule has 1 aromatic carbocycles. The number of pyridine rings is 1. The van der Waals surface area contributed by atoms with Crippen LogP contribution in [0.25, 0.3) is 10.9 Å². The Balaban J connectivity index is 2.50. The third kappa shape index (κ3) is 2.59. The number of hydrogen-bond acceptors (Lipinski definition) is 3. The van der Waals surface area contributed by atoms with E-state index in [0.717, 1.165) is 16.6 Å². The summed E-state index contributed by atoms with van der Waals surface area (Å²) >= 11 is 0. The predicted octanol–water partition coefficient (Wildman–Crippen LogP) is 1.54. The highest BCUT2D eigenvalue weighted by molar-refractivity contribution is 5.84. The van der Waals surface area contributed by atoms with Gasteiger partial charge in [0.25, 0.3) is 5.56 Å². The first-order valence-corrected chi connectivity index (χ1v) is 6.09. The van der Waals surface area contributed by atoms with E-state index >= 15 is 0 Å². The smallest absolute Gasteiger partial charge is 0.323 e. The molecular formula is C14H16N2O3. The number of likely N-dealkylation sites (N-methyl/N-ethyl adjacent to an activating group) is 1. The van der Waals surface area contributed by atoms with Gasteiger partial charge in [-0.2, -0.15) is 0 Å². The fourth-order valence-electron chi connectivity index (χ4n) is 2.15. The molecule has 0 saturated carbocycles. The van der Waals surface area contributed by atoms with Crippen LogP contribution in [0.2, 0.25) is 0 Å². The van der Waals surface area contributed by atoms with E-state index < -0.39 is 5.97 Å². The van der Waals surface area contributed by atoms with Gasteiger partial charge in [0.2, 0.25) is 0 Å². The number of carboxylic acid groups (broad SMARTS) is 1. The maximum absolute atomic E-state index is 11.7. The zero-order valence-electron chi connectivity index (χ0n) is 11.0. The minimum atomic E-state index is -0.874. The molecule has 0 fully saturated rings. The molecule has 0 unspecified atom stereocenters. The van der Waals surface area contributed by atoms with Gasteiger partial charge in [-0.1, -0.05) is 0 Å². The van der Waals surface area contributed by atoms with E-state index in [1.165, 1.54) is 6.07 Å². The van der Waals surface area contributed by atoms with Crippen molar-refractivity contribution in [3.05, 3.63) is 40.7 Å². The van der Waals surface area contributed by atoms with Gasteiger partial charge in [0.15, 0.2) is 0 Å². The molecule has 0 saturated heterocycles. The van der Waals surface area contributed by atoms with Crippen molar-refractivity contribution in [3.8, 4) is 0 Å². The number of fused-ring (bicyclic) bond motifs is 1. The van der Waals surface area contributed by atoms with Crippen molar-refractivity contribution in [1.82, 2.24) is 4.57 Å². The van der Waals surface area contributed by atoms with Gasteiger partial charge in [-0.3, -0.25) is 9.59 Å².